The first-order valence-electron chi connectivity index (χ1n) is 4.26. The quantitative estimate of drug-likeness (QED) is 0.741. The summed E-state index contributed by atoms with van der Waals surface area (Å²) in [7, 11) is 0. The minimum Gasteiger partial charge on any atom is -0.358 e. The first kappa shape index (κ1) is 8.05. The van der Waals surface area contributed by atoms with Crippen LogP contribution in [0, 0.1) is 0 Å². The first-order chi connectivity index (χ1) is 6.31. The number of hydrogen-bond acceptors (Lipinski definition) is 1. The van der Waals surface area contributed by atoms with Gasteiger partial charge in [-0.2, -0.15) is 0 Å². The number of fused-ring (bicyclic) bond motifs is 1. The van der Waals surface area contributed by atoms with E-state index in [-0.39, 0.29) is 5.92 Å². The molecule has 2 heteroatoms. The molecule has 1 aromatic carbocycles. The van der Waals surface area contributed by atoms with E-state index in [0.717, 1.165) is 16.6 Å². The van der Waals surface area contributed by atoms with Gasteiger partial charge in [-0.25, -0.2) is 0 Å². The Morgan fingerprint density at radius 2 is 2.15 bits per heavy atom. The highest BCUT2D eigenvalue weighted by molar-refractivity contribution is 5.81. The monoisotopic (exact) mass is 172 g/mol. The zero-order chi connectivity index (χ0) is 9.26. The van der Waals surface area contributed by atoms with Crippen molar-refractivity contribution in [3.8, 4) is 0 Å². The summed E-state index contributed by atoms with van der Waals surface area (Å²) in [5, 5.41) is 1.14. The number of H-pyrrole nitrogens is 1. The summed E-state index contributed by atoms with van der Waals surface area (Å²) in [6, 6.07) is 9.96. The molecule has 0 amide bonds. The van der Waals surface area contributed by atoms with Gasteiger partial charge in [0.1, 0.15) is 0 Å². The summed E-state index contributed by atoms with van der Waals surface area (Å²) >= 11 is 0. The molecule has 0 saturated heterocycles. The summed E-state index contributed by atoms with van der Waals surface area (Å²) in [5.41, 5.74) is 2.00. The molecule has 1 N–H and O–H groups in total. The van der Waals surface area contributed by atoms with Crippen molar-refractivity contribution in [1.82, 2.24) is 4.98 Å². The summed E-state index contributed by atoms with van der Waals surface area (Å²) in [6.45, 7) is 1.83. The molecule has 65 valence electrons. The topological polar surface area (TPSA) is 32.9 Å². The predicted octanol–water partition coefficient (Wildman–Crippen LogP) is 2.38. The predicted molar refractivity (Wildman–Crippen MR) is 52.4 cm³/mol. The fourth-order valence-electron chi connectivity index (χ4n) is 1.39. The van der Waals surface area contributed by atoms with Crippen molar-refractivity contribution in [2.24, 2.45) is 0 Å². The van der Waals surface area contributed by atoms with E-state index in [1.54, 1.807) is 0 Å². The van der Waals surface area contributed by atoms with Crippen LogP contribution in [0.3, 0.4) is 0 Å². The van der Waals surface area contributed by atoms with E-state index >= 15 is 0 Å². The van der Waals surface area contributed by atoms with Gasteiger partial charge < -0.3 is 4.98 Å². The highest BCUT2D eigenvalue weighted by Crippen LogP contribution is 2.19. The second kappa shape index (κ2) is 3.05. The Bertz CT molecular complexity index is 397. The fraction of sp³-hybridized carbons (Fsp3) is 0.182. The van der Waals surface area contributed by atoms with Gasteiger partial charge >= 0.3 is 0 Å². The lowest BCUT2D eigenvalue weighted by Crippen LogP contribution is -1.93. The molecule has 2 aromatic rings. The number of aromatic nitrogens is 1. The van der Waals surface area contributed by atoms with Crippen molar-refractivity contribution >= 4 is 17.2 Å². The normalized spacial score (nSPS) is 13.0. The summed E-state index contributed by atoms with van der Waals surface area (Å²) < 4.78 is 0. The maximum atomic E-state index is 10.4. The van der Waals surface area contributed by atoms with Crippen LogP contribution in [-0.2, 0) is 4.79 Å². The third-order valence-electron chi connectivity index (χ3n) is 2.19. The third-order valence-corrected chi connectivity index (χ3v) is 2.19. The Balaban J connectivity index is 2.55. The van der Waals surface area contributed by atoms with Gasteiger partial charge in [0.2, 0.25) is 6.29 Å². The highest BCUT2D eigenvalue weighted by Gasteiger charge is 2.07. The van der Waals surface area contributed by atoms with Crippen LogP contribution in [0.1, 0.15) is 18.5 Å². The molecule has 1 heterocycles. The molecule has 0 bridgehead atoms. The molecule has 1 atom stereocenters. The zero-order valence-electron chi connectivity index (χ0n) is 7.37. The fourth-order valence-corrected chi connectivity index (χ4v) is 1.39. The second-order valence-corrected chi connectivity index (χ2v) is 3.15. The van der Waals surface area contributed by atoms with E-state index in [0.29, 0.717) is 0 Å². The van der Waals surface area contributed by atoms with Crippen LogP contribution in [0.2, 0.25) is 0 Å². The van der Waals surface area contributed by atoms with Crippen molar-refractivity contribution in [3.05, 3.63) is 36.0 Å². The van der Waals surface area contributed by atoms with Crippen LogP contribution in [-0.4, -0.2) is 11.3 Å². The van der Waals surface area contributed by atoms with Gasteiger partial charge in [-0.1, -0.05) is 18.2 Å². The number of hydrogen-bond donors (Lipinski definition) is 1. The van der Waals surface area contributed by atoms with E-state index in [4.69, 9.17) is 0 Å². The molecule has 0 aliphatic heterocycles. The van der Waals surface area contributed by atoms with Crippen LogP contribution in [0.25, 0.3) is 10.9 Å². The van der Waals surface area contributed by atoms with Crippen LogP contribution in [0.4, 0.5) is 0 Å². The van der Waals surface area contributed by atoms with Gasteiger partial charge in [0.25, 0.3) is 0 Å². The van der Waals surface area contributed by atoms with Gasteiger partial charge in [0.05, 0.1) is 5.92 Å². The third kappa shape index (κ3) is 1.35. The average Bonchev–Trinajstić information content (AvgIpc) is 2.59. The van der Waals surface area contributed by atoms with Crippen molar-refractivity contribution in [3.63, 3.8) is 0 Å². The molecular weight excluding hydrogens is 162 g/mol. The molecule has 0 aliphatic rings. The summed E-state index contributed by atoms with van der Waals surface area (Å²) in [6.07, 6.45) is 1.96. The van der Waals surface area contributed by atoms with Crippen molar-refractivity contribution in [1.29, 1.82) is 0 Å². The average molecular weight is 172 g/mol. The molecule has 0 saturated carbocycles. The van der Waals surface area contributed by atoms with E-state index < -0.39 is 0 Å². The van der Waals surface area contributed by atoms with Crippen LogP contribution in [0.15, 0.2) is 30.3 Å². The summed E-state index contributed by atoms with van der Waals surface area (Å²) in [4.78, 5) is 13.6. The molecule has 0 aliphatic carbocycles. The molecule has 1 unspecified atom stereocenters. The zero-order valence-corrected chi connectivity index (χ0v) is 7.37. The number of para-hydroxylation sites is 1. The maximum absolute atomic E-state index is 10.4. The van der Waals surface area contributed by atoms with Crippen LogP contribution in [0.5, 0.6) is 0 Å². The van der Waals surface area contributed by atoms with Crippen molar-refractivity contribution in [2.75, 3.05) is 0 Å². The van der Waals surface area contributed by atoms with E-state index in [1.165, 1.54) is 0 Å². The number of carbonyl (C=O) groups excluding carboxylic acids is 1. The van der Waals surface area contributed by atoms with Crippen LogP contribution < -0.4 is 0 Å². The lowest BCUT2D eigenvalue weighted by atomic mass is 10.1. The van der Waals surface area contributed by atoms with Gasteiger partial charge in [-0.15, -0.1) is 0 Å². The van der Waals surface area contributed by atoms with Crippen molar-refractivity contribution < 1.29 is 4.79 Å². The SMILES string of the molecule is CC([C]=O)c1cc2ccccc2[nH]1. The first-order valence-corrected chi connectivity index (χ1v) is 4.26. The second-order valence-electron chi connectivity index (χ2n) is 3.15. The largest absolute Gasteiger partial charge is 0.358 e. The van der Waals surface area contributed by atoms with Gasteiger partial charge in [0.15, 0.2) is 0 Å². The highest BCUT2D eigenvalue weighted by atomic mass is 16.1. The number of aromatic amines is 1. The molecule has 1 aromatic heterocycles. The minimum absolute atomic E-state index is 0.174. The Morgan fingerprint density at radius 1 is 1.38 bits per heavy atom. The molecular formula is C11H10NO. The van der Waals surface area contributed by atoms with E-state index in [9.17, 15) is 4.79 Å². The number of nitrogens with one attached hydrogen (secondary N) is 1. The molecule has 13 heavy (non-hydrogen) atoms. The van der Waals surface area contributed by atoms with Gasteiger partial charge in [-0.3, -0.25) is 4.79 Å². The van der Waals surface area contributed by atoms with E-state index in [2.05, 4.69) is 4.98 Å². The lowest BCUT2D eigenvalue weighted by Gasteiger charge is -1.95. The van der Waals surface area contributed by atoms with E-state index in [1.807, 2.05) is 43.5 Å². The Morgan fingerprint density at radius 3 is 2.85 bits per heavy atom. The lowest BCUT2D eigenvalue weighted by molar-refractivity contribution is 0.545. The van der Waals surface area contributed by atoms with Gasteiger partial charge in [-0.05, 0) is 24.4 Å². The molecule has 1 radical (unpaired) electrons. The smallest absolute Gasteiger partial charge is 0.207 e. The molecule has 2 nitrogen and oxygen atoms in total. The van der Waals surface area contributed by atoms with Gasteiger partial charge in [0, 0.05) is 11.2 Å². The molecule has 0 spiro atoms. The Kier molecular flexibility index (Phi) is 1.89. The summed E-state index contributed by atoms with van der Waals surface area (Å²) in [5.74, 6) is -0.174. The molecule has 0 fully saturated rings. The minimum atomic E-state index is -0.174. The Labute approximate surface area is 76.6 Å². The number of rotatable bonds is 2. The maximum Gasteiger partial charge on any atom is 0.207 e. The molecule has 2 rings (SSSR count). The standard InChI is InChI=1S/C11H10NO/c1-8(7-13)11-6-9-4-2-3-5-10(9)12-11/h2-6,8,12H,1H3. The number of benzene rings is 1. The van der Waals surface area contributed by atoms with Crippen molar-refractivity contribution in [2.45, 2.75) is 12.8 Å². The van der Waals surface area contributed by atoms with Crippen LogP contribution >= 0.6 is 0 Å². The Hall–Kier alpha value is -1.57.